The first-order chi connectivity index (χ1) is 6.96. The number of ether oxygens (including phenoxy) is 1. The standard InChI is InChI=1S/C9H19N3O3/c1-9(2)6-12(4-8(14)11-10)3-7(5-13)15-9/h7,13H,3-6,10H2,1-2H3,(H,11,14). The average molecular weight is 217 g/mol. The molecule has 0 aliphatic carbocycles. The number of nitrogens with two attached hydrogens (primary N) is 1. The normalized spacial score (nSPS) is 26.3. The van der Waals surface area contributed by atoms with Gasteiger partial charge < -0.3 is 9.84 Å². The topological polar surface area (TPSA) is 87.8 Å². The predicted molar refractivity (Wildman–Crippen MR) is 54.8 cm³/mol. The van der Waals surface area contributed by atoms with Crippen molar-refractivity contribution in [3.63, 3.8) is 0 Å². The number of rotatable bonds is 3. The molecule has 0 bridgehead atoms. The molecule has 4 N–H and O–H groups in total. The van der Waals surface area contributed by atoms with Crippen molar-refractivity contribution in [1.29, 1.82) is 0 Å². The Morgan fingerprint density at radius 2 is 2.40 bits per heavy atom. The van der Waals surface area contributed by atoms with E-state index in [9.17, 15) is 4.79 Å². The molecule has 1 unspecified atom stereocenters. The molecule has 0 aromatic heterocycles. The van der Waals surface area contributed by atoms with E-state index >= 15 is 0 Å². The van der Waals surface area contributed by atoms with Gasteiger partial charge in [-0.05, 0) is 13.8 Å². The second-order valence-corrected chi connectivity index (χ2v) is 4.42. The largest absolute Gasteiger partial charge is 0.394 e. The van der Waals surface area contributed by atoms with Crippen LogP contribution in [0, 0.1) is 0 Å². The number of carbonyl (C=O) groups excluding carboxylic acids is 1. The van der Waals surface area contributed by atoms with Crippen LogP contribution in [0.2, 0.25) is 0 Å². The van der Waals surface area contributed by atoms with Crippen LogP contribution < -0.4 is 11.3 Å². The highest BCUT2D eigenvalue weighted by Gasteiger charge is 2.33. The van der Waals surface area contributed by atoms with Crippen molar-refractivity contribution < 1.29 is 14.6 Å². The van der Waals surface area contributed by atoms with Crippen molar-refractivity contribution in [2.45, 2.75) is 25.6 Å². The van der Waals surface area contributed by atoms with Gasteiger partial charge in [-0.15, -0.1) is 0 Å². The predicted octanol–water partition coefficient (Wildman–Crippen LogP) is -1.55. The van der Waals surface area contributed by atoms with Gasteiger partial charge in [-0.3, -0.25) is 15.1 Å². The molecule has 6 nitrogen and oxygen atoms in total. The Hall–Kier alpha value is -0.690. The number of hydrogen-bond acceptors (Lipinski definition) is 5. The van der Waals surface area contributed by atoms with Gasteiger partial charge in [0.05, 0.1) is 24.9 Å². The maximum atomic E-state index is 11.1. The molecule has 88 valence electrons. The van der Waals surface area contributed by atoms with E-state index < -0.39 is 0 Å². The van der Waals surface area contributed by atoms with Crippen LogP contribution in [-0.2, 0) is 9.53 Å². The van der Waals surface area contributed by atoms with Crippen molar-refractivity contribution >= 4 is 5.91 Å². The number of carbonyl (C=O) groups is 1. The summed E-state index contributed by atoms with van der Waals surface area (Å²) in [6.45, 7) is 5.26. The molecule has 0 radical (unpaired) electrons. The van der Waals surface area contributed by atoms with Crippen LogP contribution in [-0.4, -0.2) is 53.9 Å². The molecule has 0 aromatic rings. The van der Waals surface area contributed by atoms with Crippen molar-refractivity contribution in [1.82, 2.24) is 10.3 Å². The van der Waals surface area contributed by atoms with E-state index in [1.807, 2.05) is 18.7 Å². The summed E-state index contributed by atoms with van der Waals surface area (Å²) in [5.41, 5.74) is 1.74. The van der Waals surface area contributed by atoms with Crippen LogP contribution in [0.3, 0.4) is 0 Å². The lowest BCUT2D eigenvalue weighted by Crippen LogP contribution is -2.56. The van der Waals surface area contributed by atoms with Crippen molar-refractivity contribution in [2.24, 2.45) is 5.84 Å². The summed E-state index contributed by atoms with van der Waals surface area (Å²) in [6.07, 6.45) is -0.237. The van der Waals surface area contributed by atoms with Gasteiger partial charge >= 0.3 is 0 Å². The first kappa shape index (κ1) is 12.4. The van der Waals surface area contributed by atoms with E-state index in [1.54, 1.807) is 0 Å². The second kappa shape index (κ2) is 4.89. The monoisotopic (exact) mass is 217 g/mol. The summed E-state index contributed by atoms with van der Waals surface area (Å²) in [4.78, 5) is 13.0. The number of aliphatic hydroxyl groups excluding tert-OH is 1. The third-order valence-corrected chi connectivity index (χ3v) is 2.28. The molecular weight excluding hydrogens is 198 g/mol. The summed E-state index contributed by atoms with van der Waals surface area (Å²) < 4.78 is 5.61. The van der Waals surface area contributed by atoms with Gasteiger partial charge in [-0.1, -0.05) is 0 Å². The van der Waals surface area contributed by atoms with Crippen LogP contribution >= 0.6 is 0 Å². The molecule has 1 heterocycles. The van der Waals surface area contributed by atoms with Gasteiger partial charge in [0.1, 0.15) is 0 Å². The Kier molecular flexibility index (Phi) is 4.04. The van der Waals surface area contributed by atoms with E-state index in [2.05, 4.69) is 5.43 Å². The van der Waals surface area contributed by atoms with Gasteiger partial charge in [-0.2, -0.15) is 0 Å². The Morgan fingerprint density at radius 3 is 2.93 bits per heavy atom. The number of amides is 1. The Morgan fingerprint density at radius 1 is 1.73 bits per heavy atom. The highest BCUT2D eigenvalue weighted by molar-refractivity contribution is 5.77. The minimum Gasteiger partial charge on any atom is -0.394 e. The number of hydrogen-bond donors (Lipinski definition) is 3. The Balaban J connectivity index is 2.54. The molecule has 1 rings (SSSR count). The fourth-order valence-corrected chi connectivity index (χ4v) is 1.88. The van der Waals surface area contributed by atoms with E-state index in [0.29, 0.717) is 13.1 Å². The van der Waals surface area contributed by atoms with E-state index in [0.717, 1.165) is 0 Å². The molecule has 1 aliphatic heterocycles. The number of aliphatic hydroxyl groups is 1. The second-order valence-electron chi connectivity index (χ2n) is 4.42. The highest BCUT2D eigenvalue weighted by Crippen LogP contribution is 2.20. The zero-order valence-electron chi connectivity index (χ0n) is 9.19. The molecule has 15 heavy (non-hydrogen) atoms. The van der Waals surface area contributed by atoms with E-state index in [4.69, 9.17) is 15.7 Å². The van der Waals surface area contributed by atoms with E-state index in [1.165, 1.54) is 0 Å². The molecule has 0 spiro atoms. The SMILES string of the molecule is CC1(C)CN(CC(=O)NN)CC(CO)O1. The van der Waals surface area contributed by atoms with Crippen LogP contribution in [0.15, 0.2) is 0 Å². The first-order valence-electron chi connectivity index (χ1n) is 4.97. The molecular formula is C9H19N3O3. The summed E-state index contributed by atoms with van der Waals surface area (Å²) in [5.74, 6) is 4.79. The molecule has 6 heteroatoms. The molecule has 0 saturated carbocycles. The minimum atomic E-state index is -0.347. The number of hydrazine groups is 1. The zero-order chi connectivity index (χ0) is 11.5. The summed E-state index contributed by atoms with van der Waals surface area (Å²) in [7, 11) is 0. The molecule has 1 amide bonds. The molecule has 1 atom stereocenters. The van der Waals surface area contributed by atoms with E-state index in [-0.39, 0.29) is 30.8 Å². The summed E-state index contributed by atoms with van der Waals surface area (Å²) in [6, 6.07) is 0. The quantitative estimate of drug-likeness (QED) is 0.302. The molecule has 1 aliphatic rings. The van der Waals surface area contributed by atoms with Crippen LogP contribution in [0.4, 0.5) is 0 Å². The smallest absolute Gasteiger partial charge is 0.248 e. The van der Waals surface area contributed by atoms with Gasteiger partial charge in [0.2, 0.25) is 5.91 Å². The lowest BCUT2D eigenvalue weighted by Gasteiger charge is -2.41. The third kappa shape index (κ3) is 3.75. The Bertz CT molecular complexity index is 233. The van der Waals surface area contributed by atoms with Gasteiger partial charge in [0.15, 0.2) is 0 Å². The van der Waals surface area contributed by atoms with Crippen molar-refractivity contribution in [2.75, 3.05) is 26.2 Å². The summed E-state index contributed by atoms with van der Waals surface area (Å²) in [5, 5.41) is 9.06. The maximum absolute atomic E-state index is 11.1. The third-order valence-electron chi connectivity index (χ3n) is 2.28. The lowest BCUT2D eigenvalue weighted by atomic mass is 10.1. The Labute approximate surface area is 89.3 Å². The molecule has 0 aromatic carbocycles. The van der Waals surface area contributed by atoms with Gasteiger partial charge in [0, 0.05) is 13.1 Å². The lowest BCUT2D eigenvalue weighted by molar-refractivity contribution is -0.153. The van der Waals surface area contributed by atoms with Crippen LogP contribution in [0.25, 0.3) is 0 Å². The fourth-order valence-electron chi connectivity index (χ4n) is 1.88. The zero-order valence-corrected chi connectivity index (χ0v) is 9.19. The summed E-state index contributed by atoms with van der Waals surface area (Å²) >= 11 is 0. The molecule has 1 fully saturated rings. The average Bonchev–Trinajstić information content (AvgIpc) is 2.15. The van der Waals surface area contributed by atoms with Crippen LogP contribution in [0.5, 0.6) is 0 Å². The minimum absolute atomic E-state index is 0.0375. The van der Waals surface area contributed by atoms with Gasteiger partial charge in [0.25, 0.3) is 0 Å². The maximum Gasteiger partial charge on any atom is 0.248 e. The molecule has 1 saturated heterocycles. The van der Waals surface area contributed by atoms with Crippen molar-refractivity contribution in [3.8, 4) is 0 Å². The first-order valence-corrected chi connectivity index (χ1v) is 4.97. The number of nitrogens with zero attached hydrogens (tertiary/aromatic N) is 1. The fraction of sp³-hybridized carbons (Fsp3) is 0.889. The van der Waals surface area contributed by atoms with Crippen LogP contribution in [0.1, 0.15) is 13.8 Å². The number of morpholine rings is 1. The number of nitrogens with one attached hydrogen (secondary N) is 1. The van der Waals surface area contributed by atoms with Gasteiger partial charge in [-0.25, -0.2) is 5.84 Å². The highest BCUT2D eigenvalue weighted by atomic mass is 16.5. The van der Waals surface area contributed by atoms with Crippen molar-refractivity contribution in [3.05, 3.63) is 0 Å².